The molecular weight excluding hydrogens is 258 g/mol. The molecule has 9 heteroatoms. The summed E-state index contributed by atoms with van der Waals surface area (Å²) in [4.78, 5) is 35.6. The van der Waals surface area contributed by atoms with Gasteiger partial charge in [0.25, 0.3) is 5.08 Å². The fourth-order valence-electron chi connectivity index (χ4n) is 2.01. The van der Waals surface area contributed by atoms with Gasteiger partial charge in [0.15, 0.2) is 0 Å². The van der Waals surface area contributed by atoms with Gasteiger partial charge >= 0.3 is 15.2 Å². The molecule has 1 aliphatic rings. The minimum absolute atomic E-state index is 0.245. The van der Waals surface area contributed by atoms with Crippen LogP contribution in [0.5, 0.6) is 0 Å². The standard InChI is InChI=1S/C7H16O7P2/c8-7(15(9,10)11,16(12,13)14)5-6-3-1-2-4-6/h6,8H,1-5H2,(H2,9,10,11)(H2,12,13,14). The van der Waals surface area contributed by atoms with Crippen LogP contribution in [0.2, 0.25) is 0 Å². The Kier molecular flexibility index (Phi) is 4.03. The molecule has 0 radical (unpaired) electrons. The highest BCUT2D eigenvalue weighted by molar-refractivity contribution is 7.72. The van der Waals surface area contributed by atoms with E-state index in [1.165, 1.54) is 0 Å². The Labute approximate surface area is 92.8 Å². The molecule has 0 saturated heterocycles. The van der Waals surface area contributed by atoms with E-state index in [9.17, 15) is 14.2 Å². The second-order valence-corrected chi connectivity index (χ2v) is 8.23. The van der Waals surface area contributed by atoms with Gasteiger partial charge in [-0.2, -0.15) is 0 Å². The molecule has 7 nitrogen and oxygen atoms in total. The van der Waals surface area contributed by atoms with E-state index in [2.05, 4.69) is 0 Å². The summed E-state index contributed by atoms with van der Waals surface area (Å²) in [6.07, 6.45) is 2.40. The van der Waals surface area contributed by atoms with Gasteiger partial charge in [0.2, 0.25) is 0 Å². The Hall–Kier alpha value is 0.260. The third-order valence-electron chi connectivity index (χ3n) is 2.97. The summed E-state index contributed by atoms with van der Waals surface area (Å²) in [6.45, 7) is 0. The van der Waals surface area contributed by atoms with E-state index in [0.29, 0.717) is 12.8 Å². The van der Waals surface area contributed by atoms with Gasteiger partial charge in [-0.15, -0.1) is 0 Å². The molecule has 0 aromatic heterocycles. The normalized spacial score (nSPS) is 20.3. The molecule has 0 heterocycles. The highest BCUT2D eigenvalue weighted by atomic mass is 31.2. The summed E-state index contributed by atoms with van der Waals surface area (Å²) in [5.74, 6) is -0.245. The Balaban J connectivity index is 2.96. The van der Waals surface area contributed by atoms with Crippen LogP contribution in [0.4, 0.5) is 0 Å². The molecule has 1 aliphatic carbocycles. The summed E-state index contributed by atoms with van der Waals surface area (Å²) in [5.41, 5.74) is 0. The fourth-order valence-corrected chi connectivity index (χ4v) is 4.36. The summed E-state index contributed by atoms with van der Waals surface area (Å²) in [6, 6.07) is 0. The molecule has 0 amide bonds. The Bertz CT molecular complexity index is 315. The maximum Gasteiger partial charge on any atom is 0.369 e. The van der Waals surface area contributed by atoms with Crippen molar-refractivity contribution in [2.24, 2.45) is 5.92 Å². The quantitative estimate of drug-likeness (QED) is 0.473. The van der Waals surface area contributed by atoms with Crippen LogP contribution in [-0.4, -0.2) is 29.8 Å². The summed E-state index contributed by atoms with van der Waals surface area (Å²) in [5, 5.41) is 6.39. The lowest BCUT2D eigenvalue weighted by atomic mass is 10.1. The predicted molar refractivity (Wildman–Crippen MR) is 55.6 cm³/mol. The van der Waals surface area contributed by atoms with E-state index >= 15 is 0 Å². The van der Waals surface area contributed by atoms with Crippen molar-refractivity contribution in [2.45, 2.75) is 37.2 Å². The monoisotopic (exact) mass is 274 g/mol. The highest BCUT2D eigenvalue weighted by Crippen LogP contribution is 2.70. The van der Waals surface area contributed by atoms with Gasteiger partial charge in [0, 0.05) is 6.42 Å². The first kappa shape index (κ1) is 14.3. The van der Waals surface area contributed by atoms with Gasteiger partial charge in [0.1, 0.15) is 0 Å². The maximum absolute atomic E-state index is 11.0. The molecular formula is C7H16O7P2. The van der Waals surface area contributed by atoms with Crippen molar-refractivity contribution in [1.29, 1.82) is 0 Å². The van der Waals surface area contributed by atoms with Gasteiger partial charge in [-0.3, -0.25) is 9.13 Å². The van der Waals surface area contributed by atoms with E-state index in [1.807, 2.05) is 0 Å². The molecule has 0 bridgehead atoms. The van der Waals surface area contributed by atoms with Crippen LogP contribution in [-0.2, 0) is 9.13 Å². The third-order valence-corrected chi connectivity index (χ3v) is 6.76. The van der Waals surface area contributed by atoms with Crippen LogP contribution in [0.3, 0.4) is 0 Å². The van der Waals surface area contributed by atoms with Gasteiger partial charge < -0.3 is 24.7 Å². The van der Waals surface area contributed by atoms with Gasteiger partial charge in [0.05, 0.1) is 0 Å². The largest absolute Gasteiger partial charge is 0.369 e. The molecule has 0 aromatic carbocycles. The van der Waals surface area contributed by atoms with Crippen molar-refractivity contribution < 1.29 is 33.8 Å². The zero-order valence-corrected chi connectivity index (χ0v) is 10.3. The van der Waals surface area contributed by atoms with Crippen molar-refractivity contribution in [3.63, 3.8) is 0 Å². The summed E-state index contributed by atoms with van der Waals surface area (Å²) in [7, 11) is -10.5. The number of aliphatic hydroxyl groups is 1. The zero-order chi connectivity index (χ0) is 12.6. The molecule has 0 atom stereocenters. The second kappa shape index (κ2) is 4.50. The molecule has 0 aliphatic heterocycles. The zero-order valence-electron chi connectivity index (χ0n) is 8.56. The smallest absolute Gasteiger partial charge is 0.368 e. The lowest BCUT2D eigenvalue weighted by Gasteiger charge is -2.31. The van der Waals surface area contributed by atoms with E-state index in [0.717, 1.165) is 12.8 Å². The van der Waals surface area contributed by atoms with Crippen LogP contribution in [0.1, 0.15) is 32.1 Å². The van der Waals surface area contributed by atoms with Crippen molar-refractivity contribution in [3.05, 3.63) is 0 Å². The molecule has 1 rings (SSSR count). The number of rotatable bonds is 4. The van der Waals surface area contributed by atoms with Gasteiger partial charge in [-0.25, -0.2) is 0 Å². The molecule has 16 heavy (non-hydrogen) atoms. The SMILES string of the molecule is O=P(O)(O)C(O)(CC1CCCC1)P(=O)(O)O. The summed E-state index contributed by atoms with van der Waals surface area (Å²) < 4.78 is 22.1. The summed E-state index contributed by atoms with van der Waals surface area (Å²) >= 11 is 0. The van der Waals surface area contributed by atoms with E-state index in [-0.39, 0.29) is 5.92 Å². The predicted octanol–water partition coefficient (Wildman–Crippen LogP) is 0.568. The average Bonchev–Trinajstić information content (AvgIpc) is 2.52. The fraction of sp³-hybridized carbons (Fsp3) is 1.00. The first-order valence-electron chi connectivity index (χ1n) is 4.91. The van der Waals surface area contributed by atoms with Gasteiger partial charge in [-0.1, -0.05) is 25.7 Å². The van der Waals surface area contributed by atoms with Crippen LogP contribution in [0, 0.1) is 5.92 Å². The van der Waals surface area contributed by atoms with Crippen LogP contribution >= 0.6 is 15.2 Å². The third kappa shape index (κ3) is 2.74. The Morgan fingerprint density at radius 3 is 1.69 bits per heavy atom. The van der Waals surface area contributed by atoms with Crippen molar-refractivity contribution >= 4 is 15.2 Å². The van der Waals surface area contributed by atoms with E-state index < -0.39 is 26.7 Å². The van der Waals surface area contributed by atoms with Crippen LogP contribution in [0.25, 0.3) is 0 Å². The molecule has 0 spiro atoms. The minimum atomic E-state index is -5.27. The lowest BCUT2D eigenvalue weighted by molar-refractivity contribution is 0.107. The van der Waals surface area contributed by atoms with E-state index in [4.69, 9.17) is 19.6 Å². The molecule has 96 valence electrons. The van der Waals surface area contributed by atoms with Crippen molar-refractivity contribution in [3.8, 4) is 0 Å². The van der Waals surface area contributed by atoms with Crippen LogP contribution in [0.15, 0.2) is 0 Å². The first-order valence-corrected chi connectivity index (χ1v) is 8.14. The number of hydrogen-bond acceptors (Lipinski definition) is 3. The molecule has 5 N–H and O–H groups in total. The van der Waals surface area contributed by atoms with Gasteiger partial charge in [-0.05, 0) is 5.92 Å². The Morgan fingerprint density at radius 1 is 1.00 bits per heavy atom. The lowest BCUT2D eigenvalue weighted by Crippen LogP contribution is -2.31. The minimum Gasteiger partial charge on any atom is -0.368 e. The molecule has 0 unspecified atom stereocenters. The first-order chi connectivity index (χ1) is 7.08. The molecule has 0 aromatic rings. The molecule has 1 fully saturated rings. The maximum atomic E-state index is 11.0. The number of hydrogen-bond donors (Lipinski definition) is 5. The van der Waals surface area contributed by atoms with Crippen molar-refractivity contribution in [2.75, 3.05) is 0 Å². The van der Waals surface area contributed by atoms with Crippen LogP contribution < -0.4 is 0 Å². The second-order valence-electron chi connectivity index (χ2n) is 4.22. The van der Waals surface area contributed by atoms with E-state index in [1.54, 1.807) is 0 Å². The highest BCUT2D eigenvalue weighted by Gasteiger charge is 2.59. The topological polar surface area (TPSA) is 135 Å². The van der Waals surface area contributed by atoms with Crippen molar-refractivity contribution in [1.82, 2.24) is 0 Å². The Morgan fingerprint density at radius 2 is 1.38 bits per heavy atom. The average molecular weight is 274 g/mol. The molecule has 1 saturated carbocycles.